The van der Waals surface area contributed by atoms with Crippen molar-refractivity contribution < 1.29 is 8.91 Å². The Hall–Kier alpha value is -2.84. The van der Waals surface area contributed by atoms with E-state index in [1.54, 1.807) is 24.5 Å². The molecule has 0 aliphatic carbocycles. The van der Waals surface area contributed by atoms with E-state index in [2.05, 4.69) is 25.5 Å². The minimum atomic E-state index is -0.592. The minimum absolute atomic E-state index is 0.00140. The maximum atomic E-state index is 14.3. The maximum absolute atomic E-state index is 14.3. The first kappa shape index (κ1) is 17.3. The van der Waals surface area contributed by atoms with Crippen molar-refractivity contribution in [3.63, 3.8) is 0 Å². The van der Waals surface area contributed by atoms with Gasteiger partial charge in [-0.25, -0.2) is 13.9 Å². The second-order valence-corrected chi connectivity index (χ2v) is 7.12. The van der Waals surface area contributed by atoms with Crippen LogP contribution in [0, 0.1) is 5.82 Å². The van der Waals surface area contributed by atoms with Gasteiger partial charge >= 0.3 is 0 Å². The Labute approximate surface area is 164 Å². The van der Waals surface area contributed by atoms with E-state index in [9.17, 15) is 4.39 Å². The summed E-state index contributed by atoms with van der Waals surface area (Å²) in [6, 6.07) is 6.65. The standard InChI is InChI=1S/C19H16ClFN6O/c20-14-3-1-2-12(16(14)21)19-25-17(26-28-19)13-10-24-27-15(6-9-23-18(13)27)11-4-7-22-8-5-11/h1-3,6,9-11,22H,4-5,7-8H2. The molecule has 9 heteroatoms. The number of hydrogen-bond donors (Lipinski definition) is 1. The molecule has 0 saturated carbocycles. The van der Waals surface area contributed by atoms with Crippen molar-refractivity contribution >= 4 is 17.2 Å². The van der Waals surface area contributed by atoms with Gasteiger partial charge in [-0.1, -0.05) is 22.8 Å². The second-order valence-electron chi connectivity index (χ2n) is 6.71. The molecule has 1 fully saturated rings. The topological polar surface area (TPSA) is 81.1 Å². The zero-order chi connectivity index (χ0) is 19.1. The average molecular weight is 399 g/mol. The Balaban J connectivity index is 1.56. The first-order chi connectivity index (χ1) is 13.7. The minimum Gasteiger partial charge on any atom is -0.333 e. The van der Waals surface area contributed by atoms with E-state index in [0.717, 1.165) is 31.6 Å². The molecule has 142 valence electrons. The van der Waals surface area contributed by atoms with E-state index < -0.39 is 5.82 Å². The van der Waals surface area contributed by atoms with Crippen molar-refractivity contribution in [3.05, 3.63) is 53.2 Å². The smallest absolute Gasteiger partial charge is 0.261 e. The number of halogens is 2. The van der Waals surface area contributed by atoms with Crippen LogP contribution in [0.1, 0.15) is 24.5 Å². The molecular weight excluding hydrogens is 383 g/mol. The van der Waals surface area contributed by atoms with Gasteiger partial charge in [-0.3, -0.25) is 0 Å². The van der Waals surface area contributed by atoms with Gasteiger partial charge in [0.05, 0.1) is 22.3 Å². The molecule has 0 amide bonds. The van der Waals surface area contributed by atoms with Gasteiger partial charge in [-0.2, -0.15) is 10.1 Å². The van der Waals surface area contributed by atoms with E-state index in [0.29, 0.717) is 23.0 Å². The predicted octanol–water partition coefficient (Wildman–Crippen LogP) is 3.71. The van der Waals surface area contributed by atoms with E-state index >= 15 is 0 Å². The van der Waals surface area contributed by atoms with Crippen LogP contribution in [0.5, 0.6) is 0 Å². The summed E-state index contributed by atoms with van der Waals surface area (Å²) in [5.74, 6) is 0.189. The fourth-order valence-corrected chi connectivity index (χ4v) is 3.78. The largest absolute Gasteiger partial charge is 0.333 e. The Bertz CT molecular complexity index is 1150. The van der Waals surface area contributed by atoms with Gasteiger partial charge in [-0.15, -0.1) is 0 Å². The van der Waals surface area contributed by atoms with Crippen LogP contribution in [0.15, 0.2) is 41.2 Å². The molecule has 1 aliphatic heterocycles. The SMILES string of the molecule is Fc1c(Cl)cccc1-c1nc(-c2cnn3c(C4CCNCC4)ccnc23)no1. The van der Waals surface area contributed by atoms with Crippen molar-refractivity contribution in [3.8, 4) is 22.8 Å². The lowest BCUT2D eigenvalue weighted by Gasteiger charge is -2.23. The number of piperidine rings is 1. The van der Waals surface area contributed by atoms with Gasteiger partial charge in [0.1, 0.15) is 0 Å². The molecule has 4 heterocycles. The molecule has 4 aromatic rings. The van der Waals surface area contributed by atoms with Gasteiger partial charge in [-0.05, 0) is 44.1 Å². The Kier molecular flexibility index (Phi) is 4.29. The number of aromatic nitrogens is 5. The molecule has 28 heavy (non-hydrogen) atoms. The van der Waals surface area contributed by atoms with Gasteiger partial charge in [0.2, 0.25) is 5.82 Å². The molecule has 7 nitrogen and oxygen atoms in total. The molecule has 5 rings (SSSR count). The van der Waals surface area contributed by atoms with Gasteiger partial charge in [0.15, 0.2) is 11.5 Å². The number of benzene rings is 1. The van der Waals surface area contributed by atoms with Crippen LogP contribution in [0.2, 0.25) is 5.02 Å². The van der Waals surface area contributed by atoms with E-state index in [1.165, 1.54) is 6.07 Å². The summed E-state index contributed by atoms with van der Waals surface area (Å²) in [5.41, 5.74) is 2.55. The lowest BCUT2D eigenvalue weighted by atomic mass is 9.94. The van der Waals surface area contributed by atoms with E-state index in [1.807, 2.05) is 10.6 Å². The van der Waals surface area contributed by atoms with Crippen LogP contribution in [-0.2, 0) is 0 Å². The second kappa shape index (κ2) is 6.96. The van der Waals surface area contributed by atoms with Crippen molar-refractivity contribution in [2.45, 2.75) is 18.8 Å². The molecule has 1 saturated heterocycles. The molecule has 0 atom stereocenters. The van der Waals surface area contributed by atoms with Crippen molar-refractivity contribution in [1.82, 2.24) is 30.1 Å². The summed E-state index contributed by atoms with van der Waals surface area (Å²) in [4.78, 5) is 8.79. The number of nitrogens with one attached hydrogen (secondary N) is 1. The zero-order valence-electron chi connectivity index (χ0n) is 14.8. The molecule has 1 N–H and O–H groups in total. The van der Waals surface area contributed by atoms with E-state index in [-0.39, 0.29) is 16.5 Å². The maximum Gasteiger partial charge on any atom is 0.261 e. The molecule has 1 aromatic carbocycles. The highest BCUT2D eigenvalue weighted by Gasteiger charge is 2.22. The molecule has 0 unspecified atom stereocenters. The number of fused-ring (bicyclic) bond motifs is 1. The first-order valence-electron chi connectivity index (χ1n) is 9.04. The molecular formula is C19H16ClFN6O. The van der Waals surface area contributed by atoms with E-state index in [4.69, 9.17) is 16.1 Å². The van der Waals surface area contributed by atoms with Crippen LogP contribution in [0.3, 0.4) is 0 Å². The normalized spacial score (nSPS) is 15.4. The highest BCUT2D eigenvalue weighted by atomic mass is 35.5. The van der Waals surface area contributed by atoms with Gasteiger partial charge in [0, 0.05) is 17.8 Å². The highest BCUT2D eigenvalue weighted by molar-refractivity contribution is 6.31. The fraction of sp³-hybridized carbons (Fsp3) is 0.263. The lowest BCUT2D eigenvalue weighted by molar-refractivity contribution is 0.430. The number of nitrogens with zero attached hydrogens (tertiary/aromatic N) is 5. The van der Waals surface area contributed by atoms with Crippen LogP contribution in [0.25, 0.3) is 28.5 Å². The monoisotopic (exact) mass is 398 g/mol. The molecule has 0 radical (unpaired) electrons. The first-order valence-corrected chi connectivity index (χ1v) is 9.42. The predicted molar refractivity (Wildman–Crippen MR) is 102 cm³/mol. The zero-order valence-corrected chi connectivity index (χ0v) is 15.5. The molecule has 1 aliphatic rings. The van der Waals surface area contributed by atoms with Gasteiger partial charge < -0.3 is 9.84 Å². The average Bonchev–Trinajstić information content (AvgIpc) is 3.37. The summed E-state index contributed by atoms with van der Waals surface area (Å²) < 4.78 is 21.4. The Morgan fingerprint density at radius 3 is 2.89 bits per heavy atom. The van der Waals surface area contributed by atoms with Crippen LogP contribution in [-0.4, -0.2) is 37.8 Å². The third-order valence-electron chi connectivity index (χ3n) is 5.04. The van der Waals surface area contributed by atoms with Crippen molar-refractivity contribution in [2.24, 2.45) is 0 Å². The molecule has 0 spiro atoms. The Morgan fingerprint density at radius 1 is 1.18 bits per heavy atom. The molecule has 0 bridgehead atoms. The third kappa shape index (κ3) is 2.85. The quantitative estimate of drug-likeness (QED) is 0.566. The summed E-state index contributed by atoms with van der Waals surface area (Å²) in [5, 5.41) is 11.9. The number of hydrogen-bond acceptors (Lipinski definition) is 6. The Morgan fingerprint density at radius 2 is 2.04 bits per heavy atom. The summed E-state index contributed by atoms with van der Waals surface area (Å²) in [6.45, 7) is 1.98. The molecule has 3 aromatic heterocycles. The fourth-order valence-electron chi connectivity index (χ4n) is 3.61. The van der Waals surface area contributed by atoms with Crippen molar-refractivity contribution in [1.29, 1.82) is 0 Å². The summed E-state index contributed by atoms with van der Waals surface area (Å²) in [6.07, 6.45) is 5.54. The number of rotatable bonds is 3. The van der Waals surface area contributed by atoms with Crippen LogP contribution < -0.4 is 5.32 Å². The van der Waals surface area contributed by atoms with Crippen LogP contribution >= 0.6 is 11.6 Å². The summed E-state index contributed by atoms with van der Waals surface area (Å²) in [7, 11) is 0. The van der Waals surface area contributed by atoms with Crippen LogP contribution in [0.4, 0.5) is 4.39 Å². The summed E-state index contributed by atoms with van der Waals surface area (Å²) >= 11 is 5.85. The lowest BCUT2D eigenvalue weighted by Crippen LogP contribution is -2.27. The van der Waals surface area contributed by atoms with Gasteiger partial charge in [0.25, 0.3) is 5.89 Å². The van der Waals surface area contributed by atoms with Crippen molar-refractivity contribution in [2.75, 3.05) is 13.1 Å². The highest BCUT2D eigenvalue weighted by Crippen LogP contribution is 2.31. The third-order valence-corrected chi connectivity index (χ3v) is 5.33.